The van der Waals surface area contributed by atoms with Gasteiger partial charge in [-0.2, -0.15) is 0 Å². The summed E-state index contributed by atoms with van der Waals surface area (Å²) < 4.78 is 0. The van der Waals surface area contributed by atoms with E-state index < -0.39 is 0 Å². The molecule has 0 unspecified atom stereocenters. The van der Waals surface area contributed by atoms with Crippen molar-refractivity contribution in [3.8, 4) is 11.8 Å². The van der Waals surface area contributed by atoms with E-state index in [1.165, 1.54) is 12.8 Å². The minimum absolute atomic E-state index is 0.245. The standard InChI is InChI=1S/C20H27N3O/c1-2-3-6-13-22-14-7-10-20(16-22)11-9-19(24)23(17-20)15-18-8-4-5-12-21-18/h4-5,8,12H,2,7,9-11,13-17H2,1H3/t20-/m0/s1. The van der Waals surface area contributed by atoms with E-state index in [0.29, 0.717) is 13.0 Å². The fraction of sp³-hybridized carbons (Fsp3) is 0.600. The summed E-state index contributed by atoms with van der Waals surface area (Å²) in [6.07, 6.45) is 6.83. The number of hydrogen-bond donors (Lipinski definition) is 0. The van der Waals surface area contributed by atoms with Crippen LogP contribution >= 0.6 is 0 Å². The molecule has 0 aliphatic carbocycles. The summed E-state index contributed by atoms with van der Waals surface area (Å²) >= 11 is 0. The molecule has 0 bridgehead atoms. The average molecular weight is 325 g/mol. The highest BCUT2D eigenvalue weighted by molar-refractivity contribution is 5.77. The Kier molecular flexibility index (Phi) is 5.52. The van der Waals surface area contributed by atoms with Crippen LogP contribution in [0, 0.1) is 17.3 Å². The molecule has 4 nitrogen and oxygen atoms in total. The number of rotatable bonds is 3. The van der Waals surface area contributed by atoms with Crippen LogP contribution in [0.1, 0.15) is 44.7 Å². The molecule has 0 saturated carbocycles. The normalized spacial score (nSPS) is 24.7. The predicted molar refractivity (Wildman–Crippen MR) is 95.1 cm³/mol. The average Bonchev–Trinajstić information content (AvgIpc) is 2.60. The van der Waals surface area contributed by atoms with Gasteiger partial charge in [-0.3, -0.25) is 14.7 Å². The Morgan fingerprint density at radius 3 is 2.96 bits per heavy atom. The third kappa shape index (κ3) is 4.15. The topological polar surface area (TPSA) is 36.4 Å². The maximum Gasteiger partial charge on any atom is 0.222 e. The van der Waals surface area contributed by atoms with Gasteiger partial charge < -0.3 is 4.90 Å². The van der Waals surface area contributed by atoms with E-state index in [1.807, 2.05) is 23.1 Å². The molecule has 0 N–H and O–H groups in total. The molecule has 0 aromatic carbocycles. The summed E-state index contributed by atoms with van der Waals surface area (Å²) in [6.45, 7) is 6.65. The number of piperidine rings is 2. The third-order valence-corrected chi connectivity index (χ3v) is 5.17. The first kappa shape index (κ1) is 17.0. The minimum Gasteiger partial charge on any atom is -0.336 e. The van der Waals surface area contributed by atoms with Crippen LogP contribution in [0.15, 0.2) is 24.4 Å². The molecule has 2 aliphatic heterocycles. The second-order valence-electron chi connectivity index (χ2n) is 7.09. The second-order valence-corrected chi connectivity index (χ2v) is 7.09. The largest absolute Gasteiger partial charge is 0.336 e. The van der Waals surface area contributed by atoms with Gasteiger partial charge >= 0.3 is 0 Å². The van der Waals surface area contributed by atoms with Gasteiger partial charge in [-0.1, -0.05) is 18.9 Å². The van der Waals surface area contributed by atoms with Gasteiger partial charge in [0, 0.05) is 37.5 Å². The molecule has 1 spiro atoms. The van der Waals surface area contributed by atoms with Gasteiger partial charge in [-0.25, -0.2) is 0 Å². The molecule has 1 aromatic rings. The van der Waals surface area contributed by atoms with E-state index >= 15 is 0 Å². The number of amides is 1. The van der Waals surface area contributed by atoms with Crippen molar-refractivity contribution in [2.24, 2.45) is 5.41 Å². The van der Waals surface area contributed by atoms with Crippen LogP contribution in [-0.2, 0) is 11.3 Å². The van der Waals surface area contributed by atoms with E-state index in [0.717, 1.165) is 44.7 Å². The molecule has 4 heteroatoms. The van der Waals surface area contributed by atoms with Gasteiger partial charge in [-0.15, -0.1) is 5.92 Å². The summed E-state index contributed by atoms with van der Waals surface area (Å²) in [6, 6.07) is 5.91. The highest BCUT2D eigenvalue weighted by Gasteiger charge is 2.41. The molecule has 3 rings (SSSR count). The van der Waals surface area contributed by atoms with Gasteiger partial charge in [0.05, 0.1) is 18.8 Å². The van der Waals surface area contributed by atoms with E-state index in [1.54, 1.807) is 6.20 Å². The monoisotopic (exact) mass is 325 g/mol. The first-order valence-corrected chi connectivity index (χ1v) is 9.06. The van der Waals surface area contributed by atoms with Crippen molar-refractivity contribution in [3.05, 3.63) is 30.1 Å². The summed E-state index contributed by atoms with van der Waals surface area (Å²) in [4.78, 5) is 21.3. The van der Waals surface area contributed by atoms with Gasteiger partial charge in [-0.05, 0) is 37.9 Å². The lowest BCUT2D eigenvalue weighted by Crippen LogP contribution is -2.53. The lowest BCUT2D eigenvalue weighted by Gasteiger charge is -2.48. The number of carbonyl (C=O) groups is 1. The zero-order chi connectivity index (χ0) is 16.8. The summed E-state index contributed by atoms with van der Waals surface area (Å²) in [5.41, 5.74) is 1.22. The number of likely N-dealkylation sites (tertiary alicyclic amines) is 2. The van der Waals surface area contributed by atoms with Crippen LogP contribution in [0.5, 0.6) is 0 Å². The Morgan fingerprint density at radius 1 is 1.25 bits per heavy atom. The Bertz CT molecular complexity index is 619. The Balaban J connectivity index is 1.66. The van der Waals surface area contributed by atoms with Crippen LogP contribution < -0.4 is 0 Å². The van der Waals surface area contributed by atoms with Crippen molar-refractivity contribution in [2.75, 3.05) is 26.2 Å². The van der Waals surface area contributed by atoms with Crippen LogP contribution in [0.4, 0.5) is 0 Å². The highest BCUT2D eigenvalue weighted by atomic mass is 16.2. The quantitative estimate of drug-likeness (QED) is 0.802. The first-order valence-electron chi connectivity index (χ1n) is 9.06. The van der Waals surface area contributed by atoms with Gasteiger partial charge in [0.1, 0.15) is 0 Å². The first-order chi connectivity index (χ1) is 11.7. The van der Waals surface area contributed by atoms with Gasteiger partial charge in [0.25, 0.3) is 0 Å². The molecule has 128 valence electrons. The van der Waals surface area contributed by atoms with E-state index in [4.69, 9.17) is 0 Å². The summed E-state index contributed by atoms with van der Waals surface area (Å²) in [7, 11) is 0. The zero-order valence-corrected chi connectivity index (χ0v) is 14.6. The molecule has 1 amide bonds. The molecule has 3 heterocycles. The highest BCUT2D eigenvalue weighted by Crippen LogP contribution is 2.39. The van der Waals surface area contributed by atoms with Crippen molar-refractivity contribution in [1.29, 1.82) is 0 Å². The molecule has 0 radical (unpaired) electrons. The van der Waals surface area contributed by atoms with E-state index in [2.05, 4.69) is 28.6 Å². The molecule has 2 fully saturated rings. The second kappa shape index (κ2) is 7.81. The predicted octanol–water partition coefficient (Wildman–Crippen LogP) is 2.70. The molecule has 2 aliphatic rings. The van der Waals surface area contributed by atoms with Crippen LogP contribution in [0.2, 0.25) is 0 Å². The molecule has 1 atom stereocenters. The number of pyridine rings is 1. The molecule has 2 saturated heterocycles. The SMILES string of the molecule is CCC#CCN1CCC[C@]2(CCC(=O)N(Cc3ccccn3)C2)C1. The fourth-order valence-electron chi connectivity index (χ4n) is 4.00. The lowest BCUT2D eigenvalue weighted by molar-refractivity contribution is -0.140. The van der Waals surface area contributed by atoms with Crippen molar-refractivity contribution in [1.82, 2.24) is 14.8 Å². The lowest BCUT2D eigenvalue weighted by atomic mass is 9.73. The Morgan fingerprint density at radius 2 is 2.17 bits per heavy atom. The summed E-state index contributed by atoms with van der Waals surface area (Å²) in [5.74, 6) is 6.72. The van der Waals surface area contributed by atoms with Crippen LogP contribution in [-0.4, -0.2) is 46.9 Å². The van der Waals surface area contributed by atoms with E-state index in [-0.39, 0.29) is 11.3 Å². The molecular weight excluding hydrogens is 298 g/mol. The fourth-order valence-corrected chi connectivity index (χ4v) is 4.00. The van der Waals surface area contributed by atoms with Crippen LogP contribution in [0.3, 0.4) is 0 Å². The molecule has 24 heavy (non-hydrogen) atoms. The number of carbonyl (C=O) groups excluding carboxylic acids is 1. The van der Waals surface area contributed by atoms with Crippen LogP contribution in [0.25, 0.3) is 0 Å². The van der Waals surface area contributed by atoms with Crippen molar-refractivity contribution >= 4 is 5.91 Å². The maximum atomic E-state index is 12.4. The number of aromatic nitrogens is 1. The zero-order valence-electron chi connectivity index (χ0n) is 14.6. The van der Waals surface area contributed by atoms with Gasteiger partial charge in [0.2, 0.25) is 5.91 Å². The number of nitrogens with zero attached hydrogens (tertiary/aromatic N) is 3. The smallest absolute Gasteiger partial charge is 0.222 e. The third-order valence-electron chi connectivity index (χ3n) is 5.17. The Labute approximate surface area is 145 Å². The van der Waals surface area contributed by atoms with E-state index in [9.17, 15) is 4.79 Å². The number of hydrogen-bond acceptors (Lipinski definition) is 3. The maximum absolute atomic E-state index is 12.4. The molecular formula is C20H27N3O. The van der Waals surface area contributed by atoms with Crippen molar-refractivity contribution < 1.29 is 4.79 Å². The Hall–Kier alpha value is -1.86. The molecule has 1 aromatic heterocycles. The van der Waals surface area contributed by atoms with Crippen molar-refractivity contribution in [3.63, 3.8) is 0 Å². The minimum atomic E-state index is 0.245. The summed E-state index contributed by atoms with van der Waals surface area (Å²) in [5, 5.41) is 0. The van der Waals surface area contributed by atoms with Gasteiger partial charge in [0.15, 0.2) is 0 Å². The van der Waals surface area contributed by atoms with Crippen molar-refractivity contribution in [2.45, 2.75) is 45.6 Å².